The first-order chi connectivity index (χ1) is 16.3. The Balaban J connectivity index is 1.94. The van der Waals surface area contributed by atoms with Crippen molar-refractivity contribution in [2.75, 3.05) is 5.32 Å². The quantitative estimate of drug-likeness (QED) is 0.226. The summed E-state index contributed by atoms with van der Waals surface area (Å²) in [6, 6.07) is 8.80. The number of aryl methyl sites for hydroxylation is 2. The molecule has 0 fully saturated rings. The van der Waals surface area contributed by atoms with Gasteiger partial charge in [-0.3, -0.25) is 14.4 Å². The molecule has 0 bridgehead atoms. The molecule has 0 aliphatic heterocycles. The standard InChI is InChI=1S/C27H31N3O5/c1-14(2)19-9-8-10-20(15(3)4)25(19)28-27(33)24(32)13-23(31)26-18(7)29(34)21-11-16(5)17(6)12-22(21)30(26)35/h8-12,14-15H,13H2,1-7H3,(H,28,33). The molecule has 3 rings (SSSR count). The summed E-state index contributed by atoms with van der Waals surface area (Å²) in [7, 11) is 0. The van der Waals surface area contributed by atoms with Gasteiger partial charge in [-0.1, -0.05) is 45.9 Å². The Hall–Kier alpha value is -3.81. The zero-order valence-corrected chi connectivity index (χ0v) is 21.2. The molecule has 0 aliphatic rings. The Morgan fingerprint density at radius 3 is 2.06 bits per heavy atom. The molecule has 0 saturated carbocycles. The molecule has 0 saturated heterocycles. The average Bonchev–Trinajstić information content (AvgIpc) is 2.78. The number of fused-ring (bicyclic) bond motifs is 1. The smallest absolute Gasteiger partial charge is 0.325 e. The van der Waals surface area contributed by atoms with Gasteiger partial charge >= 0.3 is 5.69 Å². The summed E-state index contributed by atoms with van der Waals surface area (Å²) in [5, 5.41) is 15.5. The molecule has 0 unspecified atom stereocenters. The van der Waals surface area contributed by atoms with Crippen LogP contribution in [0.4, 0.5) is 5.69 Å². The topological polar surface area (TPSA) is 114 Å². The molecule has 1 heterocycles. The van der Waals surface area contributed by atoms with Crippen LogP contribution in [0.1, 0.15) is 84.4 Å². The lowest BCUT2D eigenvalue weighted by Crippen LogP contribution is -2.33. The van der Waals surface area contributed by atoms with Gasteiger partial charge in [0, 0.05) is 16.7 Å². The molecule has 2 aromatic carbocycles. The van der Waals surface area contributed by atoms with Crippen molar-refractivity contribution in [2.45, 2.75) is 66.7 Å². The normalized spacial score (nSPS) is 11.3. The van der Waals surface area contributed by atoms with Crippen LogP contribution < -0.4 is 9.74 Å². The van der Waals surface area contributed by atoms with E-state index in [1.807, 2.05) is 52.8 Å². The summed E-state index contributed by atoms with van der Waals surface area (Å²) in [6.07, 6.45) is -0.827. The number of carbonyl (C=O) groups excluding carboxylic acids is 3. The van der Waals surface area contributed by atoms with Gasteiger partial charge < -0.3 is 15.3 Å². The number of hydrogen-bond donors (Lipinski definition) is 1. The fraction of sp³-hybridized carbons (Fsp3) is 0.370. The van der Waals surface area contributed by atoms with Crippen molar-refractivity contribution in [3.63, 3.8) is 0 Å². The zero-order chi connectivity index (χ0) is 26.2. The van der Waals surface area contributed by atoms with Crippen molar-refractivity contribution in [2.24, 2.45) is 0 Å². The lowest BCUT2D eigenvalue weighted by molar-refractivity contribution is -0.468. The highest BCUT2D eigenvalue weighted by atomic mass is 16.5. The van der Waals surface area contributed by atoms with Crippen LogP contribution in [-0.4, -0.2) is 22.2 Å². The third-order valence-electron chi connectivity index (χ3n) is 6.33. The molecular weight excluding hydrogens is 446 g/mol. The molecule has 8 nitrogen and oxygen atoms in total. The predicted molar refractivity (Wildman–Crippen MR) is 135 cm³/mol. The van der Waals surface area contributed by atoms with E-state index < -0.39 is 29.6 Å². The van der Waals surface area contributed by atoms with E-state index in [-0.39, 0.29) is 28.6 Å². The van der Waals surface area contributed by atoms with Crippen LogP contribution in [0.2, 0.25) is 0 Å². The fourth-order valence-electron chi connectivity index (χ4n) is 4.16. The number of para-hydroxylation sites is 1. The monoisotopic (exact) mass is 477 g/mol. The number of ketones is 2. The number of anilines is 1. The van der Waals surface area contributed by atoms with Crippen molar-refractivity contribution >= 4 is 34.2 Å². The minimum atomic E-state index is -0.986. The van der Waals surface area contributed by atoms with Gasteiger partial charge in [0.15, 0.2) is 0 Å². The predicted octanol–water partition coefficient (Wildman–Crippen LogP) is 4.85. The van der Waals surface area contributed by atoms with E-state index in [2.05, 4.69) is 5.32 Å². The molecular formula is C27H31N3O5. The van der Waals surface area contributed by atoms with Gasteiger partial charge in [0.05, 0.1) is 16.5 Å². The minimum Gasteiger partial charge on any atom is -0.805 e. The van der Waals surface area contributed by atoms with Crippen molar-refractivity contribution < 1.29 is 18.8 Å². The Bertz CT molecular complexity index is 1390. The Morgan fingerprint density at radius 1 is 0.971 bits per heavy atom. The number of aromatic nitrogens is 2. The van der Waals surface area contributed by atoms with Crippen molar-refractivity contribution in [1.82, 2.24) is 4.73 Å². The van der Waals surface area contributed by atoms with Gasteiger partial charge in [0.2, 0.25) is 11.6 Å². The summed E-state index contributed by atoms with van der Waals surface area (Å²) in [6.45, 7) is 12.9. The first kappa shape index (κ1) is 25.8. The second-order valence-electron chi connectivity index (χ2n) is 9.55. The van der Waals surface area contributed by atoms with Crippen molar-refractivity contribution in [3.05, 3.63) is 74.1 Å². The van der Waals surface area contributed by atoms with Gasteiger partial charge in [0.1, 0.15) is 5.52 Å². The van der Waals surface area contributed by atoms with E-state index in [1.165, 1.54) is 13.0 Å². The van der Waals surface area contributed by atoms with Gasteiger partial charge in [-0.15, -0.1) is 0 Å². The summed E-state index contributed by atoms with van der Waals surface area (Å²) >= 11 is 0. The van der Waals surface area contributed by atoms with Crippen LogP contribution in [0, 0.1) is 30.9 Å². The van der Waals surface area contributed by atoms with Crippen molar-refractivity contribution in [1.29, 1.82) is 0 Å². The van der Waals surface area contributed by atoms with Crippen LogP contribution in [0.25, 0.3) is 11.0 Å². The minimum absolute atomic E-state index is 0.0291. The second-order valence-corrected chi connectivity index (χ2v) is 9.55. The number of rotatable bonds is 7. The highest BCUT2D eigenvalue weighted by Gasteiger charge is 2.31. The maximum atomic E-state index is 13.0. The fourth-order valence-corrected chi connectivity index (χ4v) is 4.16. The molecule has 3 aromatic rings. The zero-order valence-electron chi connectivity index (χ0n) is 21.2. The number of nitrogens with zero attached hydrogens (tertiary/aromatic N) is 2. The van der Waals surface area contributed by atoms with Crippen LogP contribution in [-0.2, 0) is 9.59 Å². The SMILES string of the molecule is Cc1cc2c(cc1C)[n+](=O)c(C(=O)CC(=O)C(=O)Nc1c(C(C)C)cccc1C(C)C)c(C)n2[O-]. The van der Waals surface area contributed by atoms with E-state index in [4.69, 9.17) is 0 Å². The number of Topliss-reactive ketones (excluding diaryl/α,β-unsaturated/α-hetero) is 2. The summed E-state index contributed by atoms with van der Waals surface area (Å²) in [5.41, 5.74) is 3.53. The van der Waals surface area contributed by atoms with Gasteiger partial charge in [0.25, 0.3) is 11.4 Å². The van der Waals surface area contributed by atoms with E-state index in [1.54, 1.807) is 13.0 Å². The Kier molecular flexibility index (Phi) is 7.24. The Morgan fingerprint density at radius 2 is 1.51 bits per heavy atom. The maximum absolute atomic E-state index is 13.0. The highest BCUT2D eigenvalue weighted by molar-refractivity contribution is 6.44. The summed E-state index contributed by atoms with van der Waals surface area (Å²) < 4.78 is 0.895. The number of amides is 1. The Labute approximate surface area is 204 Å². The van der Waals surface area contributed by atoms with E-state index in [9.17, 15) is 24.5 Å². The number of carbonyl (C=O) groups is 3. The second kappa shape index (κ2) is 9.82. The van der Waals surface area contributed by atoms with E-state index in [0.717, 1.165) is 22.3 Å². The van der Waals surface area contributed by atoms with Crippen LogP contribution in [0.3, 0.4) is 0 Å². The molecule has 0 spiro atoms. The molecule has 1 aromatic heterocycles. The van der Waals surface area contributed by atoms with Gasteiger partial charge in [-0.05, 0) is 60.9 Å². The van der Waals surface area contributed by atoms with E-state index in [0.29, 0.717) is 14.8 Å². The molecule has 35 heavy (non-hydrogen) atoms. The van der Waals surface area contributed by atoms with E-state index >= 15 is 0 Å². The molecule has 0 atom stereocenters. The summed E-state index contributed by atoms with van der Waals surface area (Å²) in [5.74, 6) is -2.62. The van der Waals surface area contributed by atoms with Gasteiger partial charge in [-0.2, -0.15) is 0 Å². The van der Waals surface area contributed by atoms with Gasteiger partial charge in [-0.25, -0.2) is 0 Å². The molecule has 8 heteroatoms. The first-order valence-electron chi connectivity index (χ1n) is 11.6. The largest absolute Gasteiger partial charge is 0.805 e. The number of hydrogen-bond acceptors (Lipinski definition) is 5. The lowest BCUT2D eigenvalue weighted by atomic mass is 9.92. The molecule has 1 N–H and O–H groups in total. The third-order valence-corrected chi connectivity index (χ3v) is 6.33. The summed E-state index contributed by atoms with van der Waals surface area (Å²) in [4.78, 5) is 51.5. The third kappa shape index (κ3) is 4.87. The maximum Gasteiger partial charge on any atom is 0.325 e. The molecule has 0 aliphatic carbocycles. The van der Waals surface area contributed by atoms with Crippen LogP contribution in [0.15, 0.2) is 30.3 Å². The molecule has 0 radical (unpaired) electrons. The molecule has 1 amide bonds. The molecule has 184 valence electrons. The average molecular weight is 478 g/mol. The number of benzene rings is 2. The van der Waals surface area contributed by atoms with Crippen molar-refractivity contribution in [3.8, 4) is 0 Å². The first-order valence-corrected chi connectivity index (χ1v) is 11.6. The number of nitrogens with one attached hydrogen (secondary N) is 1. The highest BCUT2D eigenvalue weighted by Crippen LogP contribution is 2.32. The van der Waals surface area contributed by atoms with Crippen LogP contribution >= 0.6 is 0 Å². The lowest BCUT2D eigenvalue weighted by Gasteiger charge is -2.20. The van der Waals surface area contributed by atoms with Crippen LogP contribution in [0.5, 0.6) is 0 Å².